The molecule has 2 aromatic rings. The third kappa shape index (κ3) is 4.13. The van der Waals surface area contributed by atoms with Crippen LogP contribution in [0, 0.1) is 5.92 Å². The fraction of sp³-hybridized carbons (Fsp3) is 0.312. The minimum atomic E-state index is -4.63. The molecule has 1 aromatic heterocycles. The van der Waals surface area contributed by atoms with E-state index in [1.165, 1.54) is 12.1 Å². The molecule has 3 N–H and O–H groups in total. The van der Waals surface area contributed by atoms with E-state index in [1.807, 2.05) is 0 Å². The number of carbonyl (C=O) groups excluding carboxylic acids is 2. The van der Waals surface area contributed by atoms with E-state index in [0.29, 0.717) is 6.42 Å². The lowest BCUT2D eigenvalue weighted by atomic mass is 10.1. The summed E-state index contributed by atoms with van der Waals surface area (Å²) in [6.07, 6.45) is -3.20. The molecule has 140 valence electrons. The van der Waals surface area contributed by atoms with Crippen molar-refractivity contribution in [3.63, 3.8) is 0 Å². The van der Waals surface area contributed by atoms with Crippen molar-refractivity contribution < 1.29 is 27.9 Å². The molecule has 0 saturated heterocycles. The molecule has 0 fully saturated rings. The standard InChI is InChI=1S/C16H17F3N4O3/c1-3-9(2)14(25)20-21-15(26)13-12(24)8-23(22-13)11-7-5-4-6-10(11)16(17,18)19/h4-9,24H,3H2,1-2H3,(H,20,25)(H,21,26)/t9-/m0/s1. The van der Waals surface area contributed by atoms with Gasteiger partial charge in [-0.05, 0) is 18.6 Å². The number of alkyl halides is 3. The van der Waals surface area contributed by atoms with Crippen LogP contribution in [0.15, 0.2) is 30.5 Å². The van der Waals surface area contributed by atoms with Crippen LogP contribution in [0.3, 0.4) is 0 Å². The van der Waals surface area contributed by atoms with Crippen LogP contribution in [0.1, 0.15) is 36.3 Å². The van der Waals surface area contributed by atoms with Crippen molar-refractivity contribution in [2.24, 2.45) is 5.92 Å². The number of para-hydroxylation sites is 1. The van der Waals surface area contributed by atoms with Gasteiger partial charge < -0.3 is 5.11 Å². The van der Waals surface area contributed by atoms with Gasteiger partial charge in [0.25, 0.3) is 5.91 Å². The normalized spacial score (nSPS) is 12.5. The van der Waals surface area contributed by atoms with Crippen LogP contribution in [-0.4, -0.2) is 26.7 Å². The third-order valence-corrected chi connectivity index (χ3v) is 3.73. The van der Waals surface area contributed by atoms with Gasteiger partial charge in [-0.15, -0.1) is 0 Å². The predicted octanol–water partition coefficient (Wildman–Crippen LogP) is 2.40. The van der Waals surface area contributed by atoms with Gasteiger partial charge in [0.1, 0.15) is 0 Å². The summed E-state index contributed by atoms with van der Waals surface area (Å²) < 4.78 is 40.0. The molecule has 0 bridgehead atoms. The van der Waals surface area contributed by atoms with E-state index in [9.17, 15) is 27.9 Å². The maximum absolute atomic E-state index is 13.1. The van der Waals surface area contributed by atoms with Crippen molar-refractivity contribution in [2.45, 2.75) is 26.4 Å². The number of amides is 2. The first-order valence-corrected chi connectivity index (χ1v) is 7.70. The first-order chi connectivity index (χ1) is 12.1. The molecule has 1 aromatic carbocycles. The number of aromatic hydroxyl groups is 1. The van der Waals surface area contributed by atoms with E-state index < -0.39 is 35.0 Å². The second-order valence-electron chi connectivity index (χ2n) is 5.58. The summed E-state index contributed by atoms with van der Waals surface area (Å²) in [5, 5.41) is 13.5. The van der Waals surface area contributed by atoms with Crippen LogP contribution in [-0.2, 0) is 11.0 Å². The molecule has 2 amide bonds. The lowest BCUT2D eigenvalue weighted by molar-refractivity contribution is -0.137. The topological polar surface area (TPSA) is 96.3 Å². The van der Waals surface area contributed by atoms with Crippen molar-refractivity contribution in [3.8, 4) is 11.4 Å². The number of nitrogens with one attached hydrogen (secondary N) is 2. The lowest BCUT2D eigenvalue weighted by Gasteiger charge is -2.12. The fourth-order valence-corrected chi connectivity index (χ4v) is 2.05. The van der Waals surface area contributed by atoms with E-state index in [1.54, 1.807) is 13.8 Å². The summed E-state index contributed by atoms with van der Waals surface area (Å²) in [4.78, 5) is 23.7. The summed E-state index contributed by atoms with van der Waals surface area (Å²) in [6, 6.07) is 4.60. The summed E-state index contributed by atoms with van der Waals surface area (Å²) >= 11 is 0. The third-order valence-electron chi connectivity index (χ3n) is 3.73. The Morgan fingerprint density at radius 2 is 1.92 bits per heavy atom. The van der Waals surface area contributed by atoms with Crippen LogP contribution in [0.4, 0.5) is 13.2 Å². The van der Waals surface area contributed by atoms with Crippen molar-refractivity contribution in [1.82, 2.24) is 20.6 Å². The summed E-state index contributed by atoms with van der Waals surface area (Å²) in [7, 11) is 0. The summed E-state index contributed by atoms with van der Waals surface area (Å²) in [6.45, 7) is 3.44. The van der Waals surface area contributed by atoms with Gasteiger partial charge in [0.15, 0.2) is 11.4 Å². The number of carbonyl (C=O) groups is 2. The van der Waals surface area contributed by atoms with E-state index >= 15 is 0 Å². The van der Waals surface area contributed by atoms with Gasteiger partial charge in [0.05, 0.1) is 17.4 Å². The zero-order chi connectivity index (χ0) is 19.5. The highest BCUT2D eigenvalue weighted by molar-refractivity contribution is 5.96. The molecule has 2 rings (SSSR count). The van der Waals surface area contributed by atoms with Gasteiger partial charge in [-0.25, -0.2) is 4.68 Å². The molecule has 26 heavy (non-hydrogen) atoms. The Balaban J connectivity index is 2.25. The van der Waals surface area contributed by atoms with Crippen LogP contribution in [0.2, 0.25) is 0 Å². The van der Waals surface area contributed by atoms with Gasteiger partial charge in [-0.2, -0.15) is 18.3 Å². The highest BCUT2D eigenvalue weighted by Crippen LogP contribution is 2.34. The van der Waals surface area contributed by atoms with E-state index in [4.69, 9.17) is 0 Å². The van der Waals surface area contributed by atoms with Crippen LogP contribution in [0.25, 0.3) is 5.69 Å². The van der Waals surface area contributed by atoms with E-state index in [-0.39, 0.29) is 11.6 Å². The van der Waals surface area contributed by atoms with Gasteiger partial charge >= 0.3 is 6.18 Å². The van der Waals surface area contributed by atoms with Gasteiger partial charge in [-0.1, -0.05) is 26.0 Å². The van der Waals surface area contributed by atoms with E-state index in [2.05, 4.69) is 16.0 Å². The first-order valence-electron chi connectivity index (χ1n) is 7.70. The number of hydrogen-bond donors (Lipinski definition) is 3. The molecule has 1 atom stereocenters. The highest BCUT2D eigenvalue weighted by Gasteiger charge is 2.34. The molecule has 1 heterocycles. The Morgan fingerprint density at radius 1 is 1.27 bits per heavy atom. The van der Waals surface area contributed by atoms with Crippen LogP contribution in [0.5, 0.6) is 5.75 Å². The molecule has 7 nitrogen and oxygen atoms in total. The number of benzene rings is 1. The number of nitrogens with zero attached hydrogens (tertiary/aromatic N) is 2. The van der Waals surface area contributed by atoms with Crippen LogP contribution < -0.4 is 10.9 Å². The maximum atomic E-state index is 13.1. The quantitative estimate of drug-likeness (QED) is 0.720. The number of aromatic nitrogens is 2. The zero-order valence-electron chi connectivity index (χ0n) is 14.0. The van der Waals surface area contributed by atoms with Gasteiger partial charge in [0.2, 0.25) is 5.91 Å². The Bertz CT molecular complexity index is 817. The van der Waals surface area contributed by atoms with Crippen molar-refractivity contribution in [1.29, 1.82) is 0 Å². The molecule has 0 unspecified atom stereocenters. The first kappa shape index (κ1) is 19.3. The minimum Gasteiger partial charge on any atom is -0.504 e. The van der Waals surface area contributed by atoms with Crippen LogP contribution >= 0.6 is 0 Å². The summed E-state index contributed by atoms with van der Waals surface area (Å²) in [5.41, 5.74) is 2.39. The van der Waals surface area contributed by atoms with Gasteiger partial charge in [0, 0.05) is 5.92 Å². The number of hydrogen-bond acceptors (Lipinski definition) is 4. The molecular formula is C16H17F3N4O3. The smallest absolute Gasteiger partial charge is 0.418 e. The summed E-state index contributed by atoms with van der Waals surface area (Å²) in [5.74, 6) is -2.37. The monoisotopic (exact) mass is 370 g/mol. The molecule has 0 saturated carbocycles. The Hall–Kier alpha value is -3.04. The Morgan fingerprint density at radius 3 is 2.54 bits per heavy atom. The zero-order valence-corrected chi connectivity index (χ0v) is 14.0. The largest absolute Gasteiger partial charge is 0.504 e. The lowest BCUT2D eigenvalue weighted by Crippen LogP contribution is -2.44. The molecule has 0 radical (unpaired) electrons. The molecule has 0 aliphatic carbocycles. The molecular weight excluding hydrogens is 353 g/mol. The van der Waals surface area contributed by atoms with Crippen molar-refractivity contribution in [2.75, 3.05) is 0 Å². The number of halogens is 3. The average Bonchev–Trinajstić information content (AvgIpc) is 2.99. The maximum Gasteiger partial charge on any atom is 0.418 e. The number of hydrazine groups is 1. The second-order valence-corrected chi connectivity index (χ2v) is 5.58. The molecule has 10 heteroatoms. The highest BCUT2D eigenvalue weighted by atomic mass is 19.4. The average molecular weight is 370 g/mol. The molecule has 0 aliphatic rings. The molecule has 0 spiro atoms. The van der Waals surface area contributed by atoms with Crippen molar-refractivity contribution >= 4 is 11.8 Å². The Labute approximate surface area is 146 Å². The Kier molecular flexibility index (Phi) is 5.53. The fourth-order valence-electron chi connectivity index (χ4n) is 2.05. The number of rotatable bonds is 4. The van der Waals surface area contributed by atoms with Gasteiger partial charge in [-0.3, -0.25) is 20.4 Å². The molecule has 0 aliphatic heterocycles. The SMILES string of the molecule is CC[C@H](C)C(=O)NNC(=O)c1nn(-c2ccccc2C(F)(F)F)cc1O. The predicted molar refractivity (Wildman–Crippen MR) is 85.3 cm³/mol. The second kappa shape index (κ2) is 7.46. The van der Waals surface area contributed by atoms with E-state index in [0.717, 1.165) is 23.0 Å². The van der Waals surface area contributed by atoms with Crippen molar-refractivity contribution in [3.05, 3.63) is 41.7 Å². The minimum absolute atomic E-state index is 0.347.